The molecule has 2 unspecified atom stereocenters. The lowest BCUT2D eigenvalue weighted by Gasteiger charge is -2.34. The van der Waals surface area contributed by atoms with Crippen LogP contribution in [0.25, 0.3) is 0 Å². The first-order chi connectivity index (χ1) is 37.4. The summed E-state index contributed by atoms with van der Waals surface area (Å²) in [6.45, 7) is 8.44. The topological polar surface area (TPSA) is 166 Å². The van der Waals surface area contributed by atoms with Crippen molar-refractivity contribution in [2.24, 2.45) is 0 Å². The SMILES string of the molecule is CN1Cc2c(Cl)cc(Cl)cc2C(c2cc3c(c(Cl)c2Cl)SN(CCOCCOCCNC(=O)NCCCCNC(=O)NCCOCCOCCN2Cc4cc(C5CN(C)Cc6c(Cl)cc(Cl)cc65)c(Cl)c(Cl)c4S2(=O)=O)C3)C1. The van der Waals surface area contributed by atoms with Gasteiger partial charge in [0, 0.05) is 115 Å². The zero-order chi connectivity index (χ0) is 55.7. The maximum absolute atomic E-state index is 13.6. The molecule has 78 heavy (non-hydrogen) atoms. The molecular formula is C52H62Cl8N8O8S2. The summed E-state index contributed by atoms with van der Waals surface area (Å²) in [5, 5.41) is 14.7. The monoisotopic (exact) mass is 1270 g/mol. The van der Waals surface area contributed by atoms with Crippen LogP contribution in [0, 0.1) is 0 Å². The van der Waals surface area contributed by atoms with Crippen LogP contribution in [0.2, 0.25) is 40.2 Å². The third kappa shape index (κ3) is 15.5. The molecule has 0 saturated heterocycles. The van der Waals surface area contributed by atoms with E-state index in [0.717, 1.165) is 56.9 Å². The van der Waals surface area contributed by atoms with Gasteiger partial charge in [0.1, 0.15) is 4.90 Å². The highest BCUT2D eigenvalue weighted by Gasteiger charge is 2.40. The van der Waals surface area contributed by atoms with Gasteiger partial charge in [-0.1, -0.05) is 105 Å². The second kappa shape index (κ2) is 28.8. The Balaban J connectivity index is 0.602. The number of nitrogens with one attached hydrogen (secondary N) is 4. The number of nitrogens with zero attached hydrogens (tertiary/aromatic N) is 4. The van der Waals surface area contributed by atoms with Gasteiger partial charge in [0.25, 0.3) is 0 Å². The van der Waals surface area contributed by atoms with Crippen molar-refractivity contribution >= 4 is 127 Å². The van der Waals surface area contributed by atoms with Crippen LogP contribution in [0.15, 0.2) is 46.2 Å². The molecule has 2 atom stereocenters. The van der Waals surface area contributed by atoms with E-state index in [1.807, 2.05) is 25.2 Å². The zero-order valence-electron chi connectivity index (χ0n) is 43.1. The number of halogens is 8. The number of hydrogen-bond acceptors (Lipinski definition) is 12. The molecule has 0 aromatic heterocycles. The minimum absolute atomic E-state index is 0.000646. The lowest BCUT2D eigenvalue weighted by atomic mass is 9.84. The van der Waals surface area contributed by atoms with Crippen LogP contribution >= 0.6 is 105 Å². The number of ether oxygens (including phenoxy) is 4. The summed E-state index contributed by atoms with van der Waals surface area (Å²) in [7, 11) is 0.140. The van der Waals surface area contributed by atoms with Crippen LogP contribution < -0.4 is 21.3 Å². The molecule has 8 rings (SSSR count). The van der Waals surface area contributed by atoms with E-state index in [0.29, 0.717) is 121 Å². The Morgan fingerprint density at radius 3 is 1.53 bits per heavy atom. The van der Waals surface area contributed by atoms with Crippen molar-refractivity contribution in [2.75, 3.05) is 119 Å². The van der Waals surface area contributed by atoms with Crippen molar-refractivity contribution in [1.82, 2.24) is 39.7 Å². The van der Waals surface area contributed by atoms with Gasteiger partial charge in [-0.25, -0.2) is 22.3 Å². The standard InChI is InChI=1S/C52H62Cl8N8O8S2/c1-65-27-39(35-21-33(53)23-43(55)41(35)29-65)37-19-31-25-67(77-49(31)47(59)45(37)57)9-13-75-17-15-73-11-7-63-51(69)61-5-3-4-6-62-52(70)64-8-12-74-16-18-76-14-10-68-26-32-20-38(46(58)48(60)50(32)78(68,71)72)40-28-66(2)30-42-36(40)22-34(54)24-44(42)56/h19-24,39-40H,3-18,25-30H2,1-2H3,(H2,61,63,69)(H2,62,64,70). The first kappa shape index (κ1) is 61.8. The Hall–Kier alpha value is -2.28. The van der Waals surface area contributed by atoms with Gasteiger partial charge in [-0.15, -0.1) is 0 Å². The number of fused-ring (bicyclic) bond motifs is 4. The number of carbonyl (C=O) groups excluding carboxylic acids is 2. The molecule has 4 aliphatic rings. The Morgan fingerprint density at radius 1 is 0.538 bits per heavy atom. The van der Waals surface area contributed by atoms with Gasteiger partial charge in [-0.05, 0) is 108 Å². The summed E-state index contributed by atoms with van der Waals surface area (Å²) in [6.07, 6.45) is 1.34. The molecule has 0 bridgehead atoms. The van der Waals surface area contributed by atoms with E-state index in [9.17, 15) is 18.0 Å². The predicted octanol–water partition coefficient (Wildman–Crippen LogP) is 10.5. The minimum Gasteiger partial charge on any atom is -0.378 e. The van der Waals surface area contributed by atoms with E-state index in [1.165, 1.54) is 4.31 Å². The molecule has 0 aliphatic carbocycles. The van der Waals surface area contributed by atoms with Crippen LogP contribution in [0.1, 0.15) is 69.2 Å². The fraction of sp³-hybridized carbons (Fsp3) is 0.500. The van der Waals surface area contributed by atoms with E-state index in [4.69, 9.17) is 112 Å². The number of amides is 4. The molecule has 4 aromatic rings. The van der Waals surface area contributed by atoms with Crippen LogP contribution in [0.4, 0.5) is 9.59 Å². The number of rotatable bonds is 25. The molecule has 4 aromatic carbocycles. The quantitative estimate of drug-likeness (QED) is 0.0367. The van der Waals surface area contributed by atoms with Gasteiger partial charge in [0.15, 0.2) is 0 Å². The lowest BCUT2D eigenvalue weighted by Crippen LogP contribution is -2.39. The smallest absolute Gasteiger partial charge is 0.314 e. The molecule has 426 valence electrons. The predicted molar refractivity (Wildman–Crippen MR) is 311 cm³/mol. The molecule has 0 fully saturated rings. The number of unbranched alkanes of at least 4 members (excludes halogenated alkanes) is 1. The Kier molecular flexibility index (Phi) is 22.8. The summed E-state index contributed by atoms with van der Waals surface area (Å²) in [5.74, 6) is -0.237. The summed E-state index contributed by atoms with van der Waals surface area (Å²) in [5.41, 5.74) is 7.40. The van der Waals surface area contributed by atoms with Gasteiger partial charge in [-0.2, -0.15) is 4.31 Å². The number of carbonyl (C=O) groups is 2. The minimum atomic E-state index is -3.91. The summed E-state index contributed by atoms with van der Waals surface area (Å²) >= 11 is 55.0. The highest BCUT2D eigenvalue weighted by Crippen LogP contribution is 2.50. The van der Waals surface area contributed by atoms with Crippen LogP contribution in [0.5, 0.6) is 0 Å². The Labute approximate surface area is 500 Å². The highest BCUT2D eigenvalue weighted by atomic mass is 35.5. The van der Waals surface area contributed by atoms with Gasteiger partial charge < -0.3 is 50.0 Å². The molecular weight excluding hydrogens is 1210 g/mol. The van der Waals surface area contributed by atoms with Gasteiger partial charge in [0.2, 0.25) is 10.0 Å². The third-order valence-corrected chi connectivity index (χ3v) is 20.0. The Bertz CT molecular complexity index is 2930. The molecule has 0 radical (unpaired) electrons. The van der Waals surface area contributed by atoms with Gasteiger partial charge >= 0.3 is 12.1 Å². The second-order valence-corrected chi connectivity index (χ2v) is 25.6. The van der Waals surface area contributed by atoms with Crippen molar-refractivity contribution in [2.45, 2.75) is 60.6 Å². The average Bonchev–Trinajstić information content (AvgIpc) is 4.11. The molecule has 26 heteroatoms. The Morgan fingerprint density at radius 2 is 1.00 bits per heavy atom. The molecule has 4 heterocycles. The molecule has 4 N–H and O–H groups in total. The number of benzene rings is 4. The van der Waals surface area contributed by atoms with E-state index in [-0.39, 0.29) is 84.9 Å². The zero-order valence-corrected chi connectivity index (χ0v) is 50.8. The average molecular weight is 1270 g/mol. The van der Waals surface area contributed by atoms with Gasteiger partial charge in [-0.3, -0.25) is 0 Å². The fourth-order valence-corrected chi connectivity index (χ4v) is 15.4. The van der Waals surface area contributed by atoms with E-state index < -0.39 is 10.0 Å². The van der Waals surface area contributed by atoms with Crippen molar-refractivity contribution in [3.05, 3.63) is 121 Å². The first-order valence-corrected chi connectivity index (χ1v) is 30.8. The van der Waals surface area contributed by atoms with Crippen molar-refractivity contribution in [3.63, 3.8) is 0 Å². The summed E-state index contributed by atoms with van der Waals surface area (Å²) < 4.78 is 53.4. The molecule has 4 aliphatic heterocycles. The maximum Gasteiger partial charge on any atom is 0.314 e. The summed E-state index contributed by atoms with van der Waals surface area (Å²) in [6, 6.07) is 10.7. The van der Waals surface area contributed by atoms with Crippen molar-refractivity contribution in [1.29, 1.82) is 0 Å². The lowest BCUT2D eigenvalue weighted by molar-refractivity contribution is 0.0459. The molecule has 16 nitrogen and oxygen atoms in total. The third-order valence-electron chi connectivity index (χ3n) is 13.7. The first-order valence-electron chi connectivity index (χ1n) is 25.5. The fourth-order valence-electron chi connectivity index (χ4n) is 10.0. The molecule has 0 spiro atoms. The number of urea groups is 2. The number of sulfonamides is 1. The second-order valence-electron chi connectivity index (χ2n) is 19.4. The van der Waals surface area contributed by atoms with Crippen LogP contribution in [-0.2, 0) is 55.1 Å². The maximum atomic E-state index is 13.6. The number of hydrogen-bond donors (Lipinski definition) is 4. The molecule has 4 amide bonds. The summed E-state index contributed by atoms with van der Waals surface area (Å²) in [4.78, 5) is 29.7. The van der Waals surface area contributed by atoms with Crippen LogP contribution in [-0.4, -0.2) is 158 Å². The van der Waals surface area contributed by atoms with E-state index in [1.54, 1.807) is 24.1 Å². The van der Waals surface area contributed by atoms with Gasteiger partial charge in [0.05, 0.1) is 72.9 Å². The number of likely N-dealkylation sites (N-methyl/N-ethyl adjacent to an activating group) is 2. The van der Waals surface area contributed by atoms with Crippen molar-refractivity contribution in [3.8, 4) is 0 Å². The van der Waals surface area contributed by atoms with Crippen LogP contribution in [0.3, 0.4) is 0 Å². The highest BCUT2D eigenvalue weighted by molar-refractivity contribution is 7.97. The van der Waals surface area contributed by atoms with Crippen molar-refractivity contribution < 1.29 is 37.0 Å². The largest absolute Gasteiger partial charge is 0.378 e. The van der Waals surface area contributed by atoms with E-state index >= 15 is 0 Å². The normalized spacial score (nSPS) is 18.1. The van der Waals surface area contributed by atoms with E-state index in [2.05, 4.69) is 48.5 Å². The molecule has 0 saturated carbocycles.